The molecule has 0 bridgehead atoms. The highest BCUT2D eigenvalue weighted by Gasteiger charge is 2.31. The molecule has 0 fully saturated rings. The fourth-order valence-electron chi connectivity index (χ4n) is 5.57. The zero-order valence-electron chi connectivity index (χ0n) is 17.8. The van der Waals surface area contributed by atoms with E-state index >= 15 is 0 Å². The summed E-state index contributed by atoms with van der Waals surface area (Å²) in [6, 6.07) is 41.7. The topological polar surface area (TPSA) is 0 Å². The van der Waals surface area contributed by atoms with Gasteiger partial charge in [0.15, 0.2) is 0 Å². The molecule has 7 rings (SSSR count). The summed E-state index contributed by atoms with van der Waals surface area (Å²) in [5, 5.41) is 5.20. The van der Waals surface area contributed by atoms with Crippen LogP contribution in [0.4, 0.5) is 0 Å². The van der Waals surface area contributed by atoms with E-state index in [9.17, 15) is 0 Å². The summed E-state index contributed by atoms with van der Waals surface area (Å²) in [7, 11) is 0. The van der Waals surface area contributed by atoms with Crippen LogP contribution in [0.3, 0.4) is 0 Å². The Morgan fingerprint density at radius 3 is 1.61 bits per heavy atom. The van der Waals surface area contributed by atoms with Gasteiger partial charge in [-0.3, -0.25) is 0 Å². The average molecular weight is 483 g/mol. The number of halogens is 1. The molecule has 0 unspecified atom stereocenters. The van der Waals surface area contributed by atoms with E-state index in [-0.39, 0.29) is 0 Å². The summed E-state index contributed by atoms with van der Waals surface area (Å²) in [6.07, 6.45) is 0. The third-order valence-electron chi connectivity index (χ3n) is 6.85. The van der Waals surface area contributed by atoms with Gasteiger partial charge in [0.1, 0.15) is 0 Å². The predicted octanol–water partition coefficient (Wildman–Crippen LogP) is 9.74. The van der Waals surface area contributed by atoms with Gasteiger partial charge in [-0.15, -0.1) is 0 Å². The minimum Gasteiger partial charge on any atom is -0.0622 e. The van der Waals surface area contributed by atoms with Crippen molar-refractivity contribution < 1.29 is 0 Å². The predicted molar refractivity (Wildman–Crippen MR) is 144 cm³/mol. The van der Waals surface area contributed by atoms with E-state index in [4.69, 9.17) is 0 Å². The molecule has 0 aromatic heterocycles. The molecule has 154 valence electrons. The molecule has 1 aliphatic rings. The second-order valence-electron chi connectivity index (χ2n) is 8.60. The first kappa shape index (κ1) is 18.8. The lowest BCUT2D eigenvalue weighted by Gasteiger charge is -2.20. The van der Waals surface area contributed by atoms with Crippen molar-refractivity contribution in [3.05, 3.63) is 120 Å². The highest BCUT2D eigenvalue weighted by Crippen LogP contribution is 2.59. The van der Waals surface area contributed by atoms with E-state index < -0.39 is 0 Å². The molecule has 0 spiro atoms. The number of benzene rings is 6. The smallest absolute Gasteiger partial charge is 0.0260 e. The maximum Gasteiger partial charge on any atom is 0.0260 e. The molecule has 0 amide bonds. The molecule has 0 saturated carbocycles. The molecule has 1 heteroatoms. The van der Waals surface area contributed by atoms with Crippen LogP contribution < -0.4 is 0 Å². The summed E-state index contributed by atoms with van der Waals surface area (Å²) < 4.78 is 1.15. The lowest BCUT2D eigenvalue weighted by atomic mass is 9.82. The maximum absolute atomic E-state index is 3.93. The Labute approximate surface area is 201 Å². The van der Waals surface area contributed by atoms with Gasteiger partial charge in [-0.2, -0.15) is 0 Å². The fraction of sp³-hybridized carbons (Fsp3) is 0. The van der Waals surface area contributed by atoms with Crippen LogP contribution >= 0.6 is 15.9 Å². The molecule has 0 aliphatic heterocycles. The second kappa shape index (κ2) is 7.16. The summed E-state index contributed by atoms with van der Waals surface area (Å²) in [4.78, 5) is 0. The highest BCUT2D eigenvalue weighted by molar-refractivity contribution is 9.10. The van der Waals surface area contributed by atoms with Gasteiger partial charge in [0.2, 0.25) is 0 Å². The van der Waals surface area contributed by atoms with Crippen LogP contribution in [0, 0.1) is 0 Å². The summed E-state index contributed by atoms with van der Waals surface area (Å²) in [6.45, 7) is 0. The summed E-state index contributed by atoms with van der Waals surface area (Å²) >= 11 is 3.93. The summed E-state index contributed by atoms with van der Waals surface area (Å²) in [5.41, 5.74) is 10.4. The molecule has 0 atom stereocenters. The Balaban J connectivity index is 1.79. The first-order valence-corrected chi connectivity index (χ1v) is 12.0. The van der Waals surface area contributed by atoms with Gasteiger partial charge >= 0.3 is 0 Å². The number of rotatable bonds is 2. The highest BCUT2D eigenvalue weighted by atomic mass is 79.9. The fourth-order valence-corrected chi connectivity index (χ4v) is 6.10. The Morgan fingerprint density at radius 1 is 0.394 bits per heavy atom. The number of hydrogen-bond donors (Lipinski definition) is 0. The van der Waals surface area contributed by atoms with Crippen LogP contribution in [-0.4, -0.2) is 0 Å². The first-order valence-electron chi connectivity index (χ1n) is 11.2. The van der Waals surface area contributed by atoms with Gasteiger partial charge in [-0.1, -0.05) is 125 Å². The lowest BCUT2D eigenvalue weighted by Crippen LogP contribution is -1.93. The van der Waals surface area contributed by atoms with Crippen molar-refractivity contribution in [3.63, 3.8) is 0 Å². The van der Waals surface area contributed by atoms with Crippen molar-refractivity contribution in [2.75, 3.05) is 0 Å². The monoisotopic (exact) mass is 482 g/mol. The zero-order valence-corrected chi connectivity index (χ0v) is 19.4. The van der Waals surface area contributed by atoms with Crippen molar-refractivity contribution in [2.45, 2.75) is 0 Å². The Kier molecular flexibility index (Phi) is 4.09. The third-order valence-corrected chi connectivity index (χ3v) is 7.52. The Hall–Kier alpha value is -3.68. The van der Waals surface area contributed by atoms with Gasteiger partial charge < -0.3 is 0 Å². The minimum atomic E-state index is 1.15. The molecule has 6 aromatic carbocycles. The van der Waals surface area contributed by atoms with Crippen LogP contribution in [0.25, 0.3) is 66.1 Å². The van der Waals surface area contributed by atoms with Crippen molar-refractivity contribution >= 4 is 37.5 Å². The van der Waals surface area contributed by atoms with E-state index in [1.807, 2.05) is 0 Å². The second-order valence-corrected chi connectivity index (χ2v) is 9.46. The van der Waals surface area contributed by atoms with Gasteiger partial charge in [0.05, 0.1) is 0 Å². The Morgan fingerprint density at radius 2 is 0.970 bits per heavy atom. The van der Waals surface area contributed by atoms with Crippen LogP contribution in [0.2, 0.25) is 0 Å². The number of hydrogen-bond acceptors (Lipinski definition) is 0. The van der Waals surface area contributed by atoms with Crippen LogP contribution in [0.5, 0.6) is 0 Å². The molecule has 0 saturated heterocycles. The van der Waals surface area contributed by atoms with E-state index in [2.05, 4.69) is 131 Å². The molecule has 1 aliphatic carbocycles. The quantitative estimate of drug-likeness (QED) is 0.230. The summed E-state index contributed by atoms with van der Waals surface area (Å²) in [5.74, 6) is 0. The van der Waals surface area contributed by atoms with Crippen LogP contribution in [0.1, 0.15) is 0 Å². The normalized spacial score (nSPS) is 11.8. The van der Waals surface area contributed by atoms with Gasteiger partial charge in [-0.05, 0) is 61.0 Å². The molecule has 0 radical (unpaired) electrons. The van der Waals surface area contributed by atoms with Gasteiger partial charge in [0.25, 0.3) is 0 Å². The maximum atomic E-state index is 3.93. The van der Waals surface area contributed by atoms with E-state index in [0.29, 0.717) is 0 Å². The molecule has 0 N–H and O–H groups in total. The Bertz CT molecular complexity index is 1700. The average Bonchev–Trinajstić information content (AvgIpc) is 3.22. The molecule has 33 heavy (non-hydrogen) atoms. The largest absolute Gasteiger partial charge is 0.0622 e. The third kappa shape index (κ3) is 2.63. The molecular formula is C32H19Br. The van der Waals surface area contributed by atoms with Crippen molar-refractivity contribution in [1.82, 2.24) is 0 Å². The van der Waals surface area contributed by atoms with E-state index in [1.165, 1.54) is 66.1 Å². The lowest BCUT2D eigenvalue weighted by molar-refractivity contribution is 1.62. The van der Waals surface area contributed by atoms with Crippen LogP contribution in [-0.2, 0) is 0 Å². The molecule has 0 heterocycles. The van der Waals surface area contributed by atoms with Crippen molar-refractivity contribution in [3.8, 4) is 44.5 Å². The zero-order chi connectivity index (χ0) is 21.9. The van der Waals surface area contributed by atoms with E-state index in [0.717, 1.165) is 4.47 Å². The SMILES string of the molecule is Brc1ccc2cccc3c2c1-c1c-3c(-c2ccccc2)c2ccccc2c1-c1ccccc1. The minimum absolute atomic E-state index is 1.15. The molecule has 0 nitrogen and oxygen atoms in total. The van der Waals surface area contributed by atoms with Gasteiger partial charge in [0, 0.05) is 15.6 Å². The van der Waals surface area contributed by atoms with E-state index in [1.54, 1.807) is 0 Å². The standard InChI is InChI=1S/C32H19Br/c33-26-19-18-22-14-9-17-25-29(22)31(26)32-28(21-12-5-2-6-13-21)24-16-8-7-15-23(24)27(30(25)32)20-10-3-1-4-11-20/h1-19H. The molecular weight excluding hydrogens is 464 g/mol. The number of fused-ring (bicyclic) bond motifs is 4. The first-order chi connectivity index (χ1) is 16.3. The molecule has 6 aromatic rings. The van der Waals surface area contributed by atoms with Crippen molar-refractivity contribution in [2.24, 2.45) is 0 Å². The van der Waals surface area contributed by atoms with Gasteiger partial charge in [-0.25, -0.2) is 0 Å². The van der Waals surface area contributed by atoms with Crippen molar-refractivity contribution in [1.29, 1.82) is 0 Å². The van der Waals surface area contributed by atoms with Crippen LogP contribution in [0.15, 0.2) is 120 Å².